The maximum absolute atomic E-state index is 13.3. The van der Waals surface area contributed by atoms with Gasteiger partial charge in [-0.1, -0.05) is 24.3 Å². The normalized spacial score (nSPS) is 24.2. The van der Waals surface area contributed by atoms with Crippen LogP contribution >= 0.6 is 0 Å². The lowest BCUT2D eigenvalue weighted by Crippen LogP contribution is -2.22. The lowest BCUT2D eigenvalue weighted by Gasteiger charge is -2.29. The topological polar surface area (TPSA) is 94.5 Å². The number of phenolic OH excluding ortho intramolecular Hbond substituents is 2. The monoisotopic (exact) mass is 474 g/mol. The van der Waals surface area contributed by atoms with Crippen molar-refractivity contribution in [3.05, 3.63) is 76.9 Å². The molecule has 0 aliphatic carbocycles. The number of phenols is 2. The molecule has 180 valence electrons. The van der Waals surface area contributed by atoms with E-state index >= 15 is 0 Å². The average Bonchev–Trinajstić information content (AvgIpc) is 3.40. The molecule has 7 heteroatoms. The van der Waals surface area contributed by atoms with Crippen molar-refractivity contribution in [2.75, 3.05) is 7.11 Å². The van der Waals surface area contributed by atoms with Crippen LogP contribution in [0.1, 0.15) is 58.3 Å². The van der Waals surface area contributed by atoms with Gasteiger partial charge in [0.1, 0.15) is 40.4 Å². The van der Waals surface area contributed by atoms with E-state index in [1.807, 2.05) is 12.1 Å². The second-order valence-electron chi connectivity index (χ2n) is 9.31. The molecule has 2 N–H and O–H groups in total. The summed E-state index contributed by atoms with van der Waals surface area (Å²) in [5, 5.41) is 19.1. The Bertz CT molecular complexity index is 1270. The van der Waals surface area contributed by atoms with E-state index in [1.165, 1.54) is 7.11 Å². The summed E-state index contributed by atoms with van der Waals surface area (Å²) in [6.07, 6.45) is 1.72. The molecule has 1 fully saturated rings. The molecule has 35 heavy (non-hydrogen) atoms. The first-order chi connectivity index (χ1) is 17.0. The van der Waals surface area contributed by atoms with Gasteiger partial charge in [0, 0.05) is 11.6 Å². The number of fused-ring (bicyclic) bond motifs is 5. The van der Waals surface area contributed by atoms with Crippen molar-refractivity contribution in [1.29, 1.82) is 0 Å². The van der Waals surface area contributed by atoms with Gasteiger partial charge < -0.3 is 29.2 Å². The van der Waals surface area contributed by atoms with Gasteiger partial charge in [0.25, 0.3) is 0 Å². The van der Waals surface area contributed by atoms with Crippen molar-refractivity contribution in [3.8, 4) is 28.7 Å². The molecule has 7 nitrogen and oxygen atoms in total. The fraction of sp³-hybridized carbons (Fsp3) is 0.321. The fourth-order valence-electron chi connectivity index (χ4n) is 5.35. The van der Waals surface area contributed by atoms with Crippen molar-refractivity contribution in [3.63, 3.8) is 0 Å². The standard InChI is InChI=1S/C28H26O7/c1-32-23-14-24-25(27-26(23)21(31)13-22(34-27)16-5-9-18(30)10-6-16)20-12-19(33-28(20)35-24)11-4-15-2-7-17(29)8-3-15/h2-3,5-10,14,19-20,22,28-30H,4,11-13H2,1H3. The summed E-state index contributed by atoms with van der Waals surface area (Å²) in [4.78, 5) is 13.3. The third-order valence-corrected chi connectivity index (χ3v) is 7.12. The molecule has 6 rings (SSSR count). The molecule has 0 amide bonds. The first-order valence-corrected chi connectivity index (χ1v) is 11.8. The molecule has 4 atom stereocenters. The Morgan fingerprint density at radius 3 is 2.43 bits per heavy atom. The average molecular weight is 475 g/mol. The van der Waals surface area contributed by atoms with Gasteiger partial charge in [-0.15, -0.1) is 0 Å². The van der Waals surface area contributed by atoms with Crippen LogP contribution < -0.4 is 14.2 Å². The molecular formula is C28H26O7. The number of ketones is 1. The van der Waals surface area contributed by atoms with E-state index in [0.29, 0.717) is 22.8 Å². The largest absolute Gasteiger partial charge is 0.508 e. The van der Waals surface area contributed by atoms with Crippen molar-refractivity contribution in [2.24, 2.45) is 0 Å². The van der Waals surface area contributed by atoms with Gasteiger partial charge >= 0.3 is 0 Å². The third-order valence-electron chi connectivity index (χ3n) is 7.12. The second-order valence-corrected chi connectivity index (χ2v) is 9.31. The van der Waals surface area contributed by atoms with E-state index in [9.17, 15) is 15.0 Å². The van der Waals surface area contributed by atoms with Crippen LogP contribution in [-0.4, -0.2) is 35.5 Å². The number of carbonyl (C=O) groups excluding carboxylic acids is 1. The SMILES string of the molecule is COc1cc2c(c3c1C(=O)CC(c1ccc(O)cc1)O3)C1CC(CCc3ccc(O)cc3)OC1O2. The minimum atomic E-state index is -0.460. The van der Waals surface area contributed by atoms with Crippen LogP contribution in [0, 0.1) is 0 Å². The summed E-state index contributed by atoms with van der Waals surface area (Å²) in [5.74, 6) is 1.92. The van der Waals surface area contributed by atoms with Gasteiger partial charge in [0.2, 0.25) is 6.29 Å². The van der Waals surface area contributed by atoms with Crippen LogP contribution in [0.2, 0.25) is 0 Å². The second kappa shape index (κ2) is 8.50. The Morgan fingerprint density at radius 2 is 1.71 bits per heavy atom. The van der Waals surface area contributed by atoms with Crippen LogP contribution in [0.25, 0.3) is 0 Å². The molecule has 3 aromatic rings. The smallest absolute Gasteiger partial charge is 0.207 e. The molecule has 1 saturated heterocycles. The Balaban J connectivity index is 1.28. The zero-order chi connectivity index (χ0) is 24.1. The van der Waals surface area contributed by atoms with Crippen LogP contribution in [0.4, 0.5) is 0 Å². The molecule has 3 aliphatic rings. The first-order valence-electron chi connectivity index (χ1n) is 11.8. The number of ether oxygens (including phenoxy) is 4. The molecule has 0 aromatic heterocycles. The van der Waals surface area contributed by atoms with E-state index in [-0.39, 0.29) is 35.7 Å². The van der Waals surface area contributed by atoms with E-state index < -0.39 is 12.4 Å². The van der Waals surface area contributed by atoms with E-state index in [0.717, 1.165) is 36.0 Å². The highest BCUT2D eigenvalue weighted by Gasteiger charge is 2.48. The van der Waals surface area contributed by atoms with Crippen LogP contribution in [0.5, 0.6) is 28.7 Å². The number of carbonyl (C=O) groups is 1. The lowest BCUT2D eigenvalue weighted by atomic mass is 9.88. The van der Waals surface area contributed by atoms with Crippen molar-refractivity contribution >= 4 is 5.78 Å². The van der Waals surface area contributed by atoms with Crippen LogP contribution in [-0.2, 0) is 11.2 Å². The van der Waals surface area contributed by atoms with Crippen LogP contribution in [0.3, 0.4) is 0 Å². The minimum Gasteiger partial charge on any atom is -0.508 e. The van der Waals surface area contributed by atoms with Gasteiger partial charge in [-0.25, -0.2) is 0 Å². The molecule has 3 heterocycles. The maximum atomic E-state index is 13.3. The van der Waals surface area contributed by atoms with E-state index in [4.69, 9.17) is 18.9 Å². The minimum absolute atomic E-state index is 0.0110. The summed E-state index contributed by atoms with van der Waals surface area (Å²) >= 11 is 0. The number of aromatic hydroxyl groups is 2. The maximum Gasteiger partial charge on any atom is 0.207 e. The Morgan fingerprint density at radius 1 is 1.00 bits per heavy atom. The quantitative estimate of drug-likeness (QED) is 0.535. The van der Waals surface area contributed by atoms with Gasteiger partial charge in [0.05, 0.1) is 25.6 Å². The molecule has 3 aromatic carbocycles. The summed E-state index contributed by atoms with van der Waals surface area (Å²) in [6, 6.07) is 15.7. The number of rotatable bonds is 5. The molecular weight excluding hydrogens is 448 g/mol. The molecule has 3 aliphatic heterocycles. The van der Waals surface area contributed by atoms with Gasteiger partial charge in [-0.3, -0.25) is 4.79 Å². The highest BCUT2D eigenvalue weighted by atomic mass is 16.7. The number of benzene rings is 3. The zero-order valence-corrected chi connectivity index (χ0v) is 19.3. The number of hydrogen-bond acceptors (Lipinski definition) is 7. The van der Waals surface area contributed by atoms with E-state index in [2.05, 4.69) is 0 Å². The van der Waals surface area contributed by atoms with Crippen LogP contribution in [0.15, 0.2) is 54.6 Å². The van der Waals surface area contributed by atoms with E-state index in [1.54, 1.807) is 42.5 Å². The number of aryl methyl sites for hydroxylation is 1. The molecule has 0 spiro atoms. The van der Waals surface area contributed by atoms with Crippen molar-refractivity contribution in [2.45, 2.75) is 50.1 Å². The zero-order valence-electron chi connectivity index (χ0n) is 19.3. The number of hydrogen-bond donors (Lipinski definition) is 2. The predicted octanol–water partition coefficient (Wildman–Crippen LogP) is 5.04. The van der Waals surface area contributed by atoms with Gasteiger partial charge in [0.15, 0.2) is 5.78 Å². The highest BCUT2D eigenvalue weighted by Crippen LogP contribution is 2.56. The summed E-state index contributed by atoms with van der Waals surface area (Å²) in [7, 11) is 1.53. The Hall–Kier alpha value is -3.71. The van der Waals surface area contributed by atoms with Crippen molar-refractivity contribution < 1.29 is 34.0 Å². The number of Topliss-reactive ketones (excluding diaryl/α,β-unsaturated/α-hetero) is 1. The fourth-order valence-corrected chi connectivity index (χ4v) is 5.35. The molecule has 0 bridgehead atoms. The summed E-state index contributed by atoms with van der Waals surface area (Å²) in [6.45, 7) is 0. The first kappa shape index (κ1) is 21.8. The molecule has 0 radical (unpaired) electrons. The summed E-state index contributed by atoms with van der Waals surface area (Å²) in [5.41, 5.74) is 3.29. The molecule has 4 unspecified atom stereocenters. The van der Waals surface area contributed by atoms with Gasteiger partial charge in [-0.05, 0) is 54.7 Å². The Labute approximate surface area is 202 Å². The van der Waals surface area contributed by atoms with Gasteiger partial charge in [-0.2, -0.15) is 0 Å². The predicted molar refractivity (Wildman–Crippen MR) is 126 cm³/mol. The summed E-state index contributed by atoms with van der Waals surface area (Å²) < 4.78 is 24.4. The lowest BCUT2D eigenvalue weighted by molar-refractivity contribution is -0.0700. The van der Waals surface area contributed by atoms with Crippen molar-refractivity contribution in [1.82, 2.24) is 0 Å². The molecule has 0 saturated carbocycles. The Kier molecular flexibility index (Phi) is 5.29. The third kappa shape index (κ3) is 3.86. The number of methoxy groups -OCH3 is 1. The highest BCUT2D eigenvalue weighted by molar-refractivity contribution is 6.03.